The van der Waals surface area contributed by atoms with Gasteiger partial charge in [-0.05, 0) is 43.2 Å². The lowest BCUT2D eigenvalue weighted by Crippen LogP contribution is -2.24. The molecule has 2 aromatic carbocycles. The molecule has 4 rings (SSSR count). The minimum absolute atomic E-state index is 0.0223. The Bertz CT molecular complexity index is 1110. The zero-order chi connectivity index (χ0) is 20.2. The minimum Gasteiger partial charge on any atom is -0.487 e. The zero-order valence-electron chi connectivity index (χ0n) is 15.9. The summed E-state index contributed by atoms with van der Waals surface area (Å²) in [6.07, 6.45) is 3.81. The number of nitrogens with zero attached hydrogens (tertiary/aromatic N) is 2. The standard InChI is InChI=1S/C22H21FN2O4/c23-17-6-3-4-7-19(17)28-12-13-29-22(27)15-9-10-16-18(14-15)24-20-8-2-1-5-11-25(20)21(16)26/h3-4,6-7,9-10,14H,1-2,5,8,11-13H2. The van der Waals surface area contributed by atoms with Gasteiger partial charge in [-0.1, -0.05) is 18.6 Å². The molecule has 0 atom stereocenters. The highest BCUT2D eigenvalue weighted by molar-refractivity contribution is 5.94. The Morgan fingerprint density at radius 2 is 1.97 bits per heavy atom. The fourth-order valence-electron chi connectivity index (χ4n) is 3.48. The molecular weight excluding hydrogens is 375 g/mol. The van der Waals surface area contributed by atoms with Crippen LogP contribution in [0, 0.1) is 5.82 Å². The molecule has 1 aliphatic heterocycles. The van der Waals surface area contributed by atoms with Gasteiger partial charge in [-0.15, -0.1) is 0 Å². The topological polar surface area (TPSA) is 70.4 Å². The average molecular weight is 396 g/mol. The Labute approximate surface area is 166 Å². The molecule has 0 aliphatic carbocycles. The third-order valence-corrected chi connectivity index (χ3v) is 4.96. The first kappa shape index (κ1) is 19.1. The number of carbonyl (C=O) groups is 1. The molecule has 3 aromatic rings. The van der Waals surface area contributed by atoms with Gasteiger partial charge in [-0.25, -0.2) is 14.2 Å². The molecule has 0 saturated carbocycles. The first-order chi connectivity index (χ1) is 14.1. The number of halogens is 1. The molecule has 0 unspecified atom stereocenters. The van der Waals surface area contributed by atoms with Crippen molar-refractivity contribution in [3.05, 3.63) is 70.0 Å². The van der Waals surface area contributed by atoms with Gasteiger partial charge in [0, 0.05) is 13.0 Å². The van der Waals surface area contributed by atoms with Crippen LogP contribution >= 0.6 is 0 Å². The van der Waals surface area contributed by atoms with Crippen molar-refractivity contribution in [1.82, 2.24) is 9.55 Å². The van der Waals surface area contributed by atoms with Crippen molar-refractivity contribution >= 4 is 16.9 Å². The number of hydrogen-bond acceptors (Lipinski definition) is 5. The first-order valence-electron chi connectivity index (χ1n) is 9.71. The van der Waals surface area contributed by atoms with Crippen LogP contribution in [0.3, 0.4) is 0 Å². The molecule has 0 amide bonds. The van der Waals surface area contributed by atoms with Crippen molar-refractivity contribution in [2.24, 2.45) is 0 Å². The molecule has 0 fully saturated rings. The summed E-state index contributed by atoms with van der Waals surface area (Å²) in [5.74, 6) is -0.130. The molecule has 150 valence electrons. The Morgan fingerprint density at radius 3 is 2.83 bits per heavy atom. The van der Waals surface area contributed by atoms with Crippen molar-refractivity contribution in [3.8, 4) is 5.75 Å². The molecule has 7 heteroatoms. The third kappa shape index (κ3) is 4.13. The van der Waals surface area contributed by atoms with E-state index in [9.17, 15) is 14.0 Å². The number of para-hydroxylation sites is 1. The van der Waals surface area contributed by atoms with E-state index in [1.54, 1.807) is 34.9 Å². The lowest BCUT2D eigenvalue weighted by molar-refractivity contribution is 0.0448. The van der Waals surface area contributed by atoms with Crippen molar-refractivity contribution in [2.45, 2.75) is 32.2 Å². The maximum Gasteiger partial charge on any atom is 0.338 e. The summed E-state index contributed by atoms with van der Waals surface area (Å²) in [5.41, 5.74) is 0.749. The summed E-state index contributed by atoms with van der Waals surface area (Å²) >= 11 is 0. The van der Waals surface area contributed by atoms with Gasteiger partial charge in [-0.2, -0.15) is 0 Å². The van der Waals surface area contributed by atoms with Crippen LogP contribution in [0.4, 0.5) is 4.39 Å². The van der Waals surface area contributed by atoms with Crippen molar-refractivity contribution in [1.29, 1.82) is 0 Å². The molecule has 0 N–H and O–H groups in total. The lowest BCUT2D eigenvalue weighted by Gasteiger charge is -2.11. The summed E-state index contributed by atoms with van der Waals surface area (Å²) in [4.78, 5) is 29.7. The smallest absolute Gasteiger partial charge is 0.338 e. The molecule has 1 aromatic heterocycles. The Kier molecular flexibility index (Phi) is 5.55. The molecule has 0 spiro atoms. The Morgan fingerprint density at radius 1 is 1.10 bits per heavy atom. The molecular formula is C22H21FN2O4. The maximum absolute atomic E-state index is 13.5. The largest absolute Gasteiger partial charge is 0.487 e. The monoisotopic (exact) mass is 396 g/mol. The number of benzene rings is 2. The predicted molar refractivity (Wildman–Crippen MR) is 106 cm³/mol. The fraction of sp³-hybridized carbons (Fsp3) is 0.318. The minimum atomic E-state index is -0.541. The summed E-state index contributed by atoms with van der Waals surface area (Å²) < 4.78 is 25.7. The van der Waals surface area contributed by atoms with Crippen molar-refractivity contribution in [2.75, 3.05) is 13.2 Å². The average Bonchev–Trinajstić information content (AvgIpc) is 2.97. The van der Waals surface area contributed by atoms with Gasteiger partial charge in [0.05, 0.1) is 16.5 Å². The fourth-order valence-corrected chi connectivity index (χ4v) is 3.48. The van der Waals surface area contributed by atoms with Crippen LogP contribution in [0.25, 0.3) is 10.9 Å². The number of esters is 1. The molecule has 29 heavy (non-hydrogen) atoms. The second-order valence-corrected chi connectivity index (χ2v) is 6.94. The molecule has 2 heterocycles. The van der Waals surface area contributed by atoms with E-state index in [1.807, 2.05) is 0 Å². The van der Waals surface area contributed by atoms with Crippen LogP contribution in [0.2, 0.25) is 0 Å². The van der Waals surface area contributed by atoms with Crippen LogP contribution in [0.1, 0.15) is 35.4 Å². The number of rotatable bonds is 5. The Hall–Kier alpha value is -3.22. The van der Waals surface area contributed by atoms with Crippen LogP contribution in [-0.2, 0) is 17.7 Å². The number of fused-ring (bicyclic) bond motifs is 2. The summed E-state index contributed by atoms with van der Waals surface area (Å²) in [6, 6.07) is 10.8. The van der Waals surface area contributed by atoms with E-state index >= 15 is 0 Å². The second-order valence-electron chi connectivity index (χ2n) is 6.94. The van der Waals surface area contributed by atoms with E-state index in [1.165, 1.54) is 12.1 Å². The SMILES string of the molecule is O=C(OCCOc1ccccc1F)c1ccc2c(=O)n3c(nc2c1)CCCCC3. The van der Waals surface area contributed by atoms with E-state index in [4.69, 9.17) is 9.47 Å². The van der Waals surface area contributed by atoms with Gasteiger partial charge in [-0.3, -0.25) is 9.36 Å². The number of ether oxygens (including phenoxy) is 2. The van der Waals surface area contributed by atoms with E-state index in [-0.39, 0.29) is 24.5 Å². The van der Waals surface area contributed by atoms with E-state index in [0.29, 0.717) is 23.0 Å². The summed E-state index contributed by atoms with van der Waals surface area (Å²) in [6.45, 7) is 0.696. The number of hydrogen-bond donors (Lipinski definition) is 0. The number of aryl methyl sites for hydroxylation is 1. The van der Waals surface area contributed by atoms with Crippen molar-refractivity contribution in [3.63, 3.8) is 0 Å². The highest BCUT2D eigenvalue weighted by Gasteiger charge is 2.16. The van der Waals surface area contributed by atoms with Crippen LogP contribution in [0.5, 0.6) is 5.75 Å². The molecule has 6 nitrogen and oxygen atoms in total. The predicted octanol–water partition coefficient (Wildman–Crippen LogP) is 3.50. The molecule has 0 radical (unpaired) electrons. The van der Waals surface area contributed by atoms with Gasteiger partial charge < -0.3 is 9.47 Å². The second kappa shape index (κ2) is 8.43. The number of carbonyl (C=O) groups excluding carboxylic acids is 1. The van der Waals surface area contributed by atoms with Gasteiger partial charge in [0.25, 0.3) is 5.56 Å². The van der Waals surface area contributed by atoms with Gasteiger partial charge in [0.2, 0.25) is 0 Å². The zero-order valence-corrected chi connectivity index (χ0v) is 15.9. The first-order valence-corrected chi connectivity index (χ1v) is 9.71. The molecule has 1 aliphatic rings. The maximum atomic E-state index is 13.5. The normalized spacial score (nSPS) is 13.6. The summed E-state index contributed by atoms with van der Waals surface area (Å²) in [5, 5.41) is 0.495. The Balaban J connectivity index is 1.45. The summed E-state index contributed by atoms with van der Waals surface area (Å²) in [7, 11) is 0. The van der Waals surface area contributed by atoms with Crippen molar-refractivity contribution < 1.29 is 18.7 Å². The molecule has 0 bridgehead atoms. The van der Waals surface area contributed by atoms with Crippen LogP contribution in [-0.4, -0.2) is 28.7 Å². The van der Waals surface area contributed by atoms with Gasteiger partial charge >= 0.3 is 5.97 Å². The van der Waals surface area contributed by atoms with Crippen LogP contribution in [0.15, 0.2) is 47.3 Å². The van der Waals surface area contributed by atoms with Gasteiger partial charge in [0.1, 0.15) is 19.0 Å². The molecule has 0 saturated heterocycles. The lowest BCUT2D eigenvalue weighted by atomic mass is 10.1. The number of aromatic nitrogens is 2. The van der Waals surface area contributed by atoms with E-state index < -0.39 is 11.8 Å². The highest BCUT2D eigenvalue weighted by atomic mass is 19.1. The third-order valence-electron chi connectivity index (χ3n) is 4.96. The van der Waals surface area contributed by atoms with Gasteiger partial charge in [0.15, 0.2) is 11.6 Å². The van der Waals surface area contributed by atoms with E-state index in [2.05, 4.69) is 4.98 Å². The highest BCUT2D eigenvalue weighted by Crippen LogP contribution is 2.17. The quantitative estimate of drug-likeness (QED) is 0.488. The van der Waals surface area contributed by atoms with Crippen LogP contribution < -0.4 is 10.3 Å². The van der Waals surface area contributed by atoms with E-state index in [0.717, 1.165) is 31.5 Å².